The summed E-state index contributed by atoms with van der Waals surface area (Å²) in [4.78, 5) is 4.11. The van der Waals surface area contributed by atoms with E-state index >= 15 is 0 Å². The standard InChI is InChI=1S/C15H15N5/c16-9-14-8-15(11-2-1-7-18-10-11)19-20(14)13-5-3-12(17)4-6-13/h1-8,10H,9,16-17H2. The summed E-state index contributed by atoms with van der Waals surface area (Å²) >= 11 is 0. The Morgan fingerprint density at radius 3 is 2.55 bits per heavy atom. The van der Waals surface area contributed by atoms with Gasteiger partial charge in [0.15, 0.2) is 0 Å². The molecule has 0 saturated carbocycles. The maximum atomic E-state index is 5.81. The zero-order valence-electron chi connectivity index (χ0n) is 10.9. The minimum atomic E-state index is 0.414. The first-order valence-corrected chi connectivity index (χ1v) is 6.33. The van der Waals surface area contributed by atoms with E-state index in [-0.39, 0.29) is 0 Å². The van der Waals surface area contributed by atoms with Gasteiger partial charge in [0.2, 0.25) is 0 Å². The zero-order chi connectivity index (χ0) is 13.9. The summed E-state index contributed by atoms with van der Waals surface area (Å²) in [6.45, 7) is 0.414. The van der Waals surface area contributed by atoms with E-state index in [1.54, 1.807) is 12.4 Å². The van der Waals surface area contributed by atoms with Gasteiger partial charge in [-0.3, -0.25) is 4.98 Å². The second-order valence-corrected chi connectivity index (χ2v) is 4.47. The molecular weight excluding hydrogens is 250 g/mol. The van der Waals surface area contributed by atoms with Crippen molar-refractivity contribution in [2.24, 2.45) is 5.73 Å². The molecule has 20 heavy (non-hydrogen) atoms. The Morgan fingerprint density at radius 1 is 1.10 bits per heavy atom. The smallest absolute Gasteiger partial charge is 0.0946 e. The Morgan fingerprint density at radius 2 is 1.90 bits per heavy atom. The van der Waals surface area contributed by atoms with Crippen LogP contribution in [0.15, 0.2) is 54.9 Å². The third-order valence-corrected chi connectivity index (χ3v) is 3.09. The Kier molecular flexibility index (Phi) is 3.18. The molecule has 0 bridgehead atoms. The molecule has 3 rings (SSSR count). The average molecular weight is 265 g/mol. The van der Waals surface area contributed by atoms with Crippen molar-refractivity contribution in [3.8, 4) is 16.9 Å². The van der Waals surface area contributed by atoms with Crippen LogP contribution in [0.1, 0.15) is 5.69 Å². The highest BCUT2D eigenvalue weighted by atomic mass is 15.3. The van der Waals surface area contributed by atoms with Crippen molar-refractivity contribution >= 4 is 5.69 Å². The van der Waals surface area contributed by atoms with Crippen LogP contribution in [0.5, 0.6) is 0 Å². The van der Waals surface area contributed by atoms with Gasteiger partial charge in [0, 0.05) is 30.2 Å². The predicted octanol–water partition coefficient (Wildman–Crippen LogP) is 1.98. The number of benzene rings is 1. The van der Waals surface area contributed by atoms with Crippen molar-refractivity contribution in [3.63, 3.8) is 0 Å². The van der Waals surface area contributed by atoms with E-state index in [4.69, 9.17) is 11.5 Å². The van der Waals surface area contributed by atoms with Gasteiger partial charge < -0.3 is 11.5 Å². The molecule has 100 valence electrons. The molecular formula is C15H15N5. The summed E-state index contributed by atoms with van der Waals surface area (Å²) in [6, 6.07) is 13.4. The largest absolute Gasteiger partial charge is 0.399 e. The monoisotopic (exact) mass is 265 g/mol. The van der Waals surface area contributed by atoms with Gasteiger partial charge in [-0.2, -0.15) is 5.10 Å². The van der Waals surface area contributed by atoms with Gasteiger partial charge in [0.25, 0.3) is 0 Å². The van der Waals surface area contributed by atoms with Crippen molar-refractivity contribution < 1.29 is 0 Å². The molecule has 5 heteroatoms. The van der Waals surface area contributed by atoms with E-state index in [0.29, 0.717) is 6.54 Å². The van der Waals surface area contributed by atoms with Crippen molar-refractivity contribution in [2.45, 2.75) is 6.54 Å². The molecule has 0 aliphatic heterocycles. The number of hydrogen-bond acceptors (Lipinski definition) is 4. The van der Waals surface area contributed by atoms with Crippen LogP contribution in [0.4, 0.5) is 5.69 Å². The number of rotatable bonds is 3. The predicted molar refractivity (Wildman–Crippen MR) is 79.1 cm³/mol. The summed E-state index contributed by atoms with van der Waals surface area (Å²) in [7, 11) is 0. The first-order chi connectivity index (χ1) is 9.78. The molecule has 4 N–H and O–H groups in total. The van der Waals surface area contributed by atoms with Gasteiger partial charge in [0.05, 0.1) is 17.1 Å². The van der Waals surface area contributed by atoms with Crippen LogP contribution >= 0.6 is 0 Å². The summed E-state index contributed by atoms with van der Waals surface area (Å²) in [5, 5.41) is 4.61. The highest BCUT2D eigenvalue weighted by molar-refractivity contribution is 5.59. The maximum absolute atomic E-state index is 5.81. The molecule has 0 unspecified atom stereocenters. The van der Waals surface area contributed by atoms with Gasteiger partial charge in [-0.15, -0.1) is 0 Å². The van der Waals surface area contributed by atoms with Crippen LogP contribution in [-0.4, -0.2) is 14.8 Å². The zero-order valence-corrected chi connectivity index (χ0v) is 10.9. The van der Waals surface area contributed by atoms with Crippen LogP contribution in [0.2, 0.25) is 0 Å². The Hall–Kier alpha value is -2.66. The first-order valence-electron chi connectivity index (χ1n) is 6.33. The number of hydrogen-bond donors (Lipinski definition) is 2. The van der Waals surface area contributed by atoms with Crippen molar-refractivity contribution in [3.05, 3.63) is 60.6 Å². The minimum absolute atomic E-state index is 0.414. The van der Waals surface area contributed by atoms with Crippen molar-refractivity contribution in [2.75, 3.05) is 5.73 Å². The molecule has 1 aromatic carbocycles. The van der Waals surface area contributed by atoms with Crippen LogP contribution in [-0.2, 0) is 6.54 Å². The van der Waals surface area contributed by atoms with Crippen molar-refractivity contribution in [1.82, 2.24) is 14.8 Å². The molecule has 0 saturated heterocycles. The average Bonchev–Trinajstić information content (AvgIpc) is 2.93. The summed E-state index contributed by atoms with van der Waals surface area (Å²) < 4.78 is 1.84. The van der Waals surface area contributed by atoms with Crippen LogP contribution in [0.3, 0.4) is 0 Å². The normalized spacial score (nSPS) is 10.7. The van der Waals surface area contributed by atoms with Gasteiger partial charge in [0.1, 0.15) is 0 Å². The van der Waals surface area contributed by atoms with Gasteiger partial charge in [-0.25, -0.2) is 4.68 Å². The molecule has 0 aliphatic carbocycles. The molecule has 2 heterocycles. The number of anilines is 1. The van der Waals surface area contributed by atoms with Crippen LogP contribution in [0.25, 0.3) is 16.9 Å². The quantitative estimate of drug-likeness (QED) is 0.709. The van der Waals surface area contributed by atoms with Gasteiger partial charge >= 0.3 is 0 Å². The lowest BCUT2D eigenvalue weighted by Crippen LogP contribution is -2.06. The molecule has 3 aromatic rings. The summed E-state index contributed by atoms with van der Waals surface area (Å²) in [6.07, 6.45) is 3.53. The second-order valence-electron chi connectivity index (χ2n) is 4.47. The second kappa shape index (κ2) is 5.14. The van der Waals surface area contributed by atoms with Crippen LogP contribution in [0, 0.1) is 0 Å². The highest BCUT2D eigenvalue weighted by Crippen LogP contribution is 2.21. The first kappa shape index (κ1) is 12.4. The number of nitrogen functional groups attached to an aromatic ring is 1. The lowest BCUT2D eigenvalue weighted by molar-refractivity contribution is 0.806. The number of nitrogens with zero attached hydrogens (tertiary/aromatic N) is 3. The lowest BCUT2D eigenvalue weighted by atomic mass is 10.2. The SMILES string of the molecule is NCc1cc(-c2cccnc2)nn1-c1ccc(N)cc1. The maximum Gasteiger partial charge on any atom is 0.0946 e. The molecule has 2 aromatic heterocycles. The van der Waals surface area contributed by atoms with E-state index in [2.05, 4.69) is 10.1 Å². The summed E-state index contributed by atoms with van der Waals surface area (Å²) in [5.41, 5.74) is 15.9. The highest BCUT2D eigenvalue weighted by Gasteiger charge is 2.10. The van der Waals surface area contributed by atoms with Crippen LogP contribution < -0.4 is 11.5 Å². The fourth-order valence-electron chi connectivity index (χ4n) is 2.06. The molecule has 0 atom stereocenters. The Labute approximate surface area is 116 Å². The molecule has 0 amide bonds. The third-order valence-electron chi connectivity index (χ3n) is 3.09. The molecule has 0 spiro atoms. The Bertz CT molecular complexity index is 701. The molecule has 0 fully saturated rings. The lowest BCUT2D eigenvalue weighted by Gasteiger charge is -2.05. The minimum Gasteiger partial charge on any atom is -0.399 e. The number of pyridine rings is 1. The fourth-order valence-corrected chi connectivity index (χ4v) is 2.06. The number of nitrogens with two attached hydrogens (primary N) is 2. The van der Waals surface area contributed by atoms with Crippen molar-refractivity contribution in [1.29, 1.82) is 0 Å². The van der Waals surface area contributed by atoms with E-state index in [9.17, 15) is 0 Å². The van der Waals surface area contributed by atoms with Gasteiger partial charge in [-0.05, 0) is 42.5 Å². The number of aromatic nitrogens is 3. The Balaban J connectivity index is 2.07. The molecule has 0 radical (unpaired) electrons. The van der Waals surface area contributed by atoms with E-state index < -0.39 is 0 Å². The molecule has 0 aliphatic rings. The topological polar surface area (TPSA) is 82.8 Å². The van der Waals surface area contributed by atoms with Gasteiger partial charge in [-0.1, -0.05) is 0 Å². The van der Waals surface area contributed by atoms with E-state index in [1.807, 2.05) is 47.1 Å². The third kappa shape index (κ3) is 2.26. The van der Waals surface area contributed by atoms with E-state index in [0.717, 1.165) is 28.3 Å². The summed E-state index contributed by atoms with van der Waals surface area (Å²) in [5.74, 6) is 0. The van der Waals surface area contributed by atoms with E-state index in [1.165, 1.54) is 0 Å². The fraction of sp³-hybridized carbons (Fsp3) is 0.0667. The molecule has 5 nitrogen and oxygen atoms in total.